The predicted octanol–water partition coefficient (Wildman–Crippen LogP) is 3.47. The standard InChI is InChI=1S/C15H15N3O3S2/c1-3-13-8-9-14(22-13)23(19,20)18-12-6-4-11(5-7-12)15-17-16-10(2)21-15/h4-9,18H,3H2,1-2H3. The van der Waals surface area contributed by atoms with Crippen LogP contribution >= 0.6 is 11.3 Å². The molecule has 3 aromatic rings. The fraction of sp³-hybridized carbons (Fsp3) is 0.200. The first kappa shape index (κ1) is 15.7. The number of hydrogen-bond donors (Lipinski definition) is 1. The summed E-state index contributed by atoms with van der Waals surface area (Å²) in [6.07, 6.45) is 0.818. The van der Waals surface area contributed by atoms with Crippen LogP contribution in [-0.4, -0.2) is 18.6 Å². The summed E-state index contributed by atoms with van der Waals surface area (Å²) < 4.78 is 32.9. The summed E-state index contributed by atoms with van der Waals surface area (Å²) >= 11 is 1.28. The molecule has 8 heteroatoms. The number of rotatable bonds is 5. The predicted molar refractivity (Wildman–Crippen MR) is 89.0 cm³/mol. The van der Waals surface area contributed by atoms with E-state index in [2.05, 4.69) is 14.9 Å². The highest BCUT2D eigenvalue weighted by atomic mass is 32.2. The van der Waals surface area contributed by atoms with Gasteiger partial charge in [-0.15, -0.1) is 21.5 Å². The smallest absolute Gasteiger partial charge is 0.271 e. The van der Waals surface area contributed by atoms with Gasteiger partial charge in [0, 0.05) is 23.1 Å². The maximum absolute atomic E-state index is 12.3. The molecule has 0 amide bonds. The summed E-state index contributed by atoms with van der Waals surface area (Å²) in [5.74, 6) is 0.886. The molecule has 0 spiro atoms. The molecule has 0 bridgehead atoms. The van der Waals surface area contributed by atoms with Crippen LogP contribution in [0.3, 0.4) is 0 Å². The second kappa shape index (κ2) is 6.13. The van der Waals surface area contributed by atoms with E-state index in [0.717, 1.165) is 16.9 Å². The van der Waals surface area contributed by atoms with E-state index in [1.807, 2.05) is 13.0 Å². The van der Waals surface area contributed by atoms with Crippen LogP contribution in [0.4, 0.5) is 5.69 Å². The van der Waals surface area contributed by atoms with E-state index in [4.69, 9.17) is 4.42 Å². The zero-order chi connectivity index (χ0) is 16.4. The van der Waals surface area contributed by atoms with Crippen molar-refractivity contribution >= 4 is 27.0 Å². The van der Waals surface area contributed by atoms with Gasteiger partial charge in [-0.3, -0.25) is 4.72 Å². The fourth-order valence-electron chi connectivity index (χ4n) is 1.99. The highest BCUT2D eigenvalue weighted by molar-refractivity contribution is 7.94. The molecule has 0 saturated carbocycles. The molecule has 120 valence electrons. The molecule has 0 aliphatic heterocycles. The Kier molecular flexibility index (Phi) is 4.18. The zero-order valence-corrected chi connectivity index (χ0v) is 14.2. The Balaban J connectivity index is 1.80. The highest BCUT2D eigenvalue weighted by Crippen LogP contribution is 2.25. The Hall–Kier alpha value is -2.19. The Morgan fingerprint density at radius 1 is 1.13 bits per heavy atom. The summed E-state index contributed by atoms with van der Waals surface area (Å²) in [5.41, 5.74) is 1.22. The van der Waals surface area contributed by atoms with Crippen molar-refractivity contribution in [1.29, 1.82) is 0 Å². The van der Waals surface area contributed by atoms with Gasteiger partial charge in [0.05, 0.1) is 0 Å². The van der Waals surface area contributed by atoms with Crippen LogP contribution in [-0.2, 0) is 16.4 Å². The van der Waals surface area contributed by atoms with Crippen LogP contribution in [0.15, 0.2) is 45.0 Å². The maximum atomic E-state index is 12.3. The summed E-state index contributed by atoms with van der Waals surface area (Å²) in [6.45, 7) is 3.71. The van der Waals surface area contributed by atoms with Crippen molar-refractivity contribution in [2.24, 2.45) is 0 Å². The zero-order valence-electron chi connectivity index (χ0n) is 12.6. The number of thiophene rings is 1. The lowest BCUT2D eigenvalue weighted by Gasteiger charge is -2.06. The van der Waals surface area contributed by atoms with Crippen molar-refractivity contribution in [1.82, 2.24) is 10.2 Å². The maximum Gasteiger partial charge on any atom is 0.271 e. The molecular formula is C15H15N3O3S2. The number of sulfonamides is 1. The quantitative estimate of drug-likeness (QED) is 0.762. The minimum absolute atomic E-state index is 0.311. The lowest BCUT2D eigenvalue weighted by Crippen LogP contribution is -2.11. The second-order valence-corrected chi connectivity index (χ2v) is 7.96. The van der Waals surface area contributed by atoms with Gasteiger partial charge in [-0.05, 0) is 42.8 Å². The van der Waals surface area contributed by atoms with Crippen LogP contribution in [0.1, 0.15) is 17.7 Å². The normalized spacial score (nSPS) is 11.6. The number of hydrogen-bond acceptors (Lipinski definition) is 6. The molecule has 2 aromatic heterocycles. The van der Waals surface area contributed by atoms with Crippen molar-refractivity contribution in [3.8, 4) is 11.5 Å². The molecule has 2 heterocycles. The molecular weight excluding hydrogens is 334 g/mol. The summed E-state index contributed by atoms with van der Waals surface area (Å²) in [7, 11) is -3.56. The topological polar surface area (TPSA) is 85.1 Å². The van der Waals surface area contributed by atoms with E-state index in [0.29, 0.717) is 21.7 Å². The van der Waals surface area contributed by atoms with Gasteiger partial charge < -0.3 is 4.42 Å². The molecule has 0 unspecified atom stereocenters. The van der Waals surface area contributed by atoms with E-state index in [1.54, 1.807) is 37.3 Å². The molecule has 0 radical (unpaired) electrons. The molecule has 3 rings (SSSR count). The minimum Gasteiger partial charge on any atom is -0.421 e. The summed E-state index contributed by atoms with van der Waals surface area (Å²) in [5, 5.41) is 7.69. The van der Waals surface area contributed by atoms with Crippen LogP contribution in [0, 0.1) is 6.92 Å². The Bertz CT molecular complexity index is 912. The van der Waals surface area contributed by atoms with Crippen LogP contribution in [0.25, 0.3) is 11.5 Å². The third-order valence-corrected chi connectivity index (χ3v) is 6.26. The lowest BCUT2D eigenvalue weighted by atomic mass is 10.2. The van der Waals surface area contributed by atoms with Crippen LogP contribution in [0.2, 0.25) is 0 Å². The van der Waals surface area contributed by atoms with Crippen LogP contribution in [0.5, 0.6) is 0 Å². The van der Waals surface area contributed by atoms with Gasteiger partial charge in [0.1, 0.15) is 4.21 Å². The van der Waals surface area contributed by atoms with E-state index in [-0.39, 0.29) is 0 Å². The molecule has 0 saturated heterocycles. The molecule has 0 fully saturated rings. The van der Waals surface area contributed by atoms with Gasteiger partial charge in [-0.25, -0.2) is 8.42 Å². The average molecular weight is 349 g/mol. The lowest BCUT2D eigenvalue weighted by molar-refractivity contribution is 0.533. The van der Waals surface area contributed by atoms with Gasteiger partial charge >= 0.3 is 0 Å². The Labute approximate surface area is 138 Å². The number of aryl methyl sites for hydroxylation is 2. The number of nitrogens with zero attached hydrogens (tertiary/aromatic N) is 2. The van der Waals surface area contributed by atoms with E-state index >= 15 is 0 Å². The molecule has 0 atom stereocenters. The van der Waals surface area contributed by atoms with Gasteiger partial charge in [-0.1, -0.05) is 6.92 Å². The van der Waals surface area contributed by atoms with E-state index in [9.17, 15) is 8.42 Å². The number of nitrogens with one attached hydrogen (secondary N) is 1. The summed E-state index contributed by atoms with van der Waals surface area (Å²) in [6, 6.07) is 10.3. The Morgan fingerprint density at radius 2 is 1.87 bits per heavy atom. The third-order valence-electron chi connectivity index (χ3n) is 3.16. The van der Waals surface area contributed by atoms with Gasteiger partial charge in [0.15, 0.2) is 0 Å². The first-order chi connectivity index (χ1) is 11.0. The first-order valence-electron chi connectivity index (χ1n) is 7.00. The second-order valence-electron chi connectivity index (χ2n) is 4.88. The SMILES string of the molecule is CCc1ccc(S(=O)(=O)Nc2ccc(-c3nnc(C)o3)cc2)s1. The van der Waals surface area contributed by atoms with Gasteiger partial charge in [0.2, 0.25) is 11.8 Å². The van der Waals surface area contributed by atoms with Crippen molar-refractivity contribution in [3.05, 3.63) is 47.2 Å². The van der Waals surface area contributed by atoms with E-state index in [1.165, 1.54) is 11.3 Å². The molecule has 1 aromatic carbocycles. The average Bonchev–Trinajstić information content (AvgIpc) is 3.17. The largest absolute Gasteiger partial charge is 0.421 e. The highest BCUT2D eigenvalue weighted by Gasteiger charge is 2.17. The molecule has 6 nitrogen and oxygen atoms in total. The monoisotopic (exact) mass is 349 g/mol. The van der Waals surface area contributed by atoms with Crippen LogP contribution < -0.4 is 4.72 Å². The van der Waals surface area contributed by atoms with Crippen molar-refractivity contribution in [2.45, 2.75) is 24.5 Å². The van der Waals surface area contributed by atoms with Crippen molar-refractivity contribution < 1.29 is 12.8 Å². The minimum atomic E-state index is -3.56. The number of anilines is 1. The summed E-state index contributed by atoms with van der Waals surface area (Å²) in [4.78, 5) is 1.03. The molecule has 23 heavy (non-hydrogen) atoms. The van der Waals surface area contributed by atoms with Crippen molar-refractivity contribution in [3.63, 3.8) is 0 Å². The molecule has 0 aliphatic carbocycles. The fourth-order valence-corrected chi connectivity index (χ4v) is 4.35. The van der Waals surface area contributed by atoms with Crippen molar-refractivity contribution in [2.75, 3.05) is 4.72 Å². The molecule has 1 N–H and O–H groups in total. The number of benzene rings is 1. The first-order valence-corrected chi connectivity index (χ1v) is 9.30. The van der Waals surface area contributed by atoms with E-state index < -0.39 is 10.0 Å². The Morgan fingerprint density at radius 3 is 2.43 bits per heavy atom. The molecule has 0 aliphatic rings. The van der Waals surface area contributed by atoms with Gasteiger partial charge in [-0.2, -0.15) is 0 Å². The van der Waals surface area contributed by atoms with Gasteiger partial charge in [0.25, 0.3) is 10.0 Å². The third kappa shape index (κ3) is 3.43. The number of aromatic nitrogens is 2.